The Labute approximate surface area is 113 Å². The Kier molecular flexibility index (Phi) is 3.34. The van der Waals surface area contributed by atoms with Gasteiger partial charge in [-0.15, -0.1) is 0 Å². The minimum atomic E-state index is -0.233. The van der Waals surface area contributed by atoms with Crippen molar-refractivity contribution >= 4 is 21.8 Å². The highest BCUT2D eigenvalue weighted by Gasteiger charge is 2.09. The van der Waals surface area contributed by atoms with Crippen molar-refractivity contribution in [2.24, 2.45) is 5.73 Å². The zero-order chi connectivity index (χ0) is 13.3. The minimum absolute atomic E-state index is 0.205. The van der Waals surface area contributed by atoms with Crippen LogP contribution < -0.4 is 11.2 Å². The smallest absolute Gasteiger partial charge is 0.192 e. The monoisotopic (exact) mass is 305 g/mol. The van der Waals surface area contributed by atoms with Gasteiger partial charge in [0.05, 0.1) is 11.3 Å². The molecule has 0 amide bonds. The van der Waals surface area contributed by atoms with Crippen LogP contribution in [0.4, 0.5) is 0 Å². The van der Waals surface area contributed by atoms with Crippen molar-refractivity contribution in [3.05, 3.63) is 62.5 Å². The van der Waals surface area contributed by atoms with Crippen LogP contribution in [0.15, 0.2) is 45.8 Å². The first-order valence-corrected chi connectivity index (χ1v) is 6.12. The molecule has 5 heteroatoms. The van der Waals surface area contributed by atoms with E-state index in [1.165, 1.54) is 6.07 Å². The van der Waals surface area contributed by atoms with Crippen LogP contribution in [0, 0.1) is 12.3 Å². The number of hydrogen-bond acceptors (Lipinski definition) is 2. The van der Waals surface area contributed by atoms with Crippen LogP contribution in [0.25, 0.3) is 5.69 Å². The maximum absolute atomic E-state index is 11.7. The van der Waals surface area contributed by atoms with Crippen LogP contribution in [0.5, 0.6) is 0 Å². The lowest BCUT2D eigenvalue weighted by atomic mass is 10.2. The average molecular weight is 306 g/mol. The normalized spacial score (nSPS) is 10.3. The van der Waals surface area contributed by atoms with Crippen molar-refractivity contribution < 1.29 is 0 Å². The van der Waals surface area contributed by atoms with E-state index in [-0.39, 0.29) is 16.8 Å². The van der Waals surface area contributed by atoms with Gasteiger partial charge in [0, 0.05) is 22.4 Å². The molecule has 0 fully saturated rings. The molecule has 0 aliphatic heterocycles. The molecule has 92 valence electrons. The fourth-order valence-corrected chi connectivity index (χ4v) is 2.22. The average Bonchev–Trinajstić information content (AvgIpc) is 2.30. The third kappa shape index (κ3) is 2.22. The second kappa shape index (κ2) is 4.78. The summed E-state index contributed by atoms with van der Waals surface area (Å²) in [5, 5.41) is 7.41. The summed E-state index contributed by atoms with van der Waals surface area (Å²) in [5.41, 5.74) is 7.07. The Bertz CT molecular complexity index is 676. The summed E-state index contributed by atoms with van der Waals surface area (Å²) < 4.78 is 2.74. The fourth-order valence-electron chi connectivity index (χ4n) is 1.74. The van der Waals surface area contributed by atoms with E-state index < -0.39 is 0 Å². The molecule has 0 saturated carbocycles. The van der Waals surface area contributed by atoms with E-state index in [9.17, 15) is 4.79 Å². The summed E-state index contributed by atoms with van der Waals surface area (Å²) >= 11 is 3.46. The van der Waals surface area contributed by atoms with Crippen LogP contribution in [0.2, 0.25) is 0 Å². The standard InChI is InChI=1S/C13H12BrN3O/c1-8-6-12(18)9(13(15)16)7-17(8)11-5-3-2-4-10(11)14/h2-7H,1H3,(H3,15,16). The predicted octanol–water partition coefficient (Wildman–Crippen LogP) is 2.19. The quantitative estimate of drug-likeness (QED) is 0.659. The molecule has 4 nitrogen and oxygen atoms in total. The first-order valence-electron chi connectivity index (χ1n) is 5.33. The summed E-state index contributed by atoms with van der Waals surface area (Å²) in [5.74, 6) is -0.221. The second-order valence-corrected chi connectivity index (χ2v) is 4.78. The molecule has 0 aliphatic carbocycles. The fraction of sp³-hybridized carbons (Fsp3) is 0.0769. The van der Waals surface area contributed by atoms with Crippen molar-refractivity contribution in [3.8, 4) is 5.69 Å². The van der Waals surface area contributed by atoms with E-state index in [0.29, 0.717) is 0 Å². The molecular formula is C13H12BrN3O. The number of hydrogen-bond donors (Lipinski definition) is 2. The number of para-hydroxylation sites is 1. The number of rotatable bonds is 2. The number of benzene rings is 1. The number of nitrogens with two attached hydrogens (primary N) is 1. The van der Waals surface area contributed by atoms with Gasteiger partial charge in [-0.2, -0.15) is 0 Å². The van der Waals surface area contributed by atoms with Crippen LogP contribution in [-0.2, 0) is 0 Å². The lowest BCUT2D eigenvalue weighted by molar-refractivity contribution is 0.963. The van der Waals surface area contributed by atoms with E-state index in [1.807, 2.05) is 35.8 Å². The molecule has 1 aromatic heterocycles. The highest BCUT2D eigenvalue weighted by atomic mass is 79.9. The van der Waals surface area contributed by atoms with Gasteiger partial charge < -0.3 is 10.3 Å². The van der Waals surface area contributed by atoms with E-state index >= 15 is 0 Å². The highest BCUT2D eigenvalue weighted by Crippen LogP contribution is 2.21. The second-order valence-electron chi connectivity index (χ2n) is 3.93. The Morgan fingerprint density at radius 3 is 2.67 bits per heavy atom. The Hall–Kier alpha value is -1.88. The number of aryl methyl sites for hydroxylation is 1. The molecule has 0 unspecified atom stereocenters. The van der Waals surface area contributed by atoms with Gasteiger partial charge in [-0.05, 0) is 35.0 Å². The van der Waals surface area contributed by atoms with E-state index in [4.69, 9.17) is 11.1 Å². The maximum Gasteiger partial charge on any atom is 0.192 e. The van der Waals surface area contributed by atoms with Crippen molar-refractivity contribution in [2.75, 3.05) is 0 Å². The zero-order valence-corrected chi connectivity index (χ0v) is 11.4. The summed E-state index contributed by atoms with van der Waals surface area (Å²) in [6.07, 6.45) is 1.60. The van der Waals surface area contributed by atoms with Crippen LogP contribution >= 0.6 is 15.9 Å². The largest absolute Gasteiger partial charge is 0.384 e. The Morgan fingerprint density at radius 2 is 2.06 bits per heavy atom. The maximum atomic E-state index is 11.7. The van der Waals surface area contributed by atoms with Crippen molar-refractivity contribution in [3.63, 3.8) is 0 Å². The van der Waals surface area contributed by atoms with Crippen LogP contribution in [0.1, 0.15) is 11.3 Å². The lowest BCUT2D eigenvalue weighted by Gasteiger charge is -2.13. The summed E-state index contributed by atoms with van der Waals surface area (Å²) in [6, 6.07) is 9.14. The SMILES string of the molecule is Cc1cc(=O)c(C(=N)N)cn1-c1ccccc1Br. The number of pyridine rings is 1. The van der Waals surface area contributed by atoms with E-state index in [2.05, 4.69) is 15.9 Å². The Morgan fingerprint density at radius 1 is 1.39 bits per heavy atom. The molecule has 0 bridgehead atoms. The molecule has 1 aromatic carbocycles. The van der Waals surface area contributed by atoms with Gasteiger partial charge in [0.1, 0.15) is 5.84 Å². The van der Waals surface area contributed by atoms with Crippen LogP contribution in [-0.4, -0.2) is 10.4 Å². The molecule has 0 saturated heterocycles. The number of nitrogens with zero attached hydrogens (tertiary/aromatic N) is 1. The summed E-state index contributed by atoms with van der Waals surface area (Å²) in [4.78, 5) is 11.7. The highest BCUT2D eigenvalue weighted by molar-refractivity contribution is 9.10. The predicted molar refractivity (Wildman–Crippen MR) is 75.5 cm³/mol. The Balaban J connectivity index is 2.73. The van der Waals surface area contributed by atoms with E-state index in [1.54, 1.807) is 6.20 Å². The number of nitrogens with one attached hydrogen (secondary N) is 1. The van der Waals surface area contributed by atoms with Crippen molar-refractivity contribution in [1.82, 2.24) is 4.57 Å². The van der Waals surface area contributed by atoms with Crippen molar-refractivity contribution in [1.29, 1.82) is 5.41 Å². The summed E-state index contributed by atoms with van der Waals surface area (Å²) in [7, 11) is 0. The van der Waals surface area contributed by atoms with Gasteiger partial charge >= 0.3 is 0 Å². The van der Waals surface area contributed by atoms with Gasteiger partial charge in [-0.3, -0.25) is 10.2 Å². The van der Waals surface area contributed by atoms with Crippen LogP contribution in [0.3, 0.4) is 0 Å². The number of nitrogen functional groups attached to an aromatic ring is 1. The molecule has 3 N–H and O–H groups in total. The van der Waals surface area contributed by atoms with Gasteiger partial charge in [-0.1, -0.05) is 12.1 Å². The number of amidine groups is 1. The van der Waals surface area contributed by atoms with Gasteiger partial charge in [0.25, 0.3) is 0 Å². The number of aromatic nitrogens is 1. The van der Waals surface area contributed by atoms with Gasteiger partial charge in [-0.25, -0.2) is 0 Å². The van der Waals surface area contributed by atoms with Gasteiger partial charge in [0.2, 0.25) is 0 Å². The molecule has 2 rings (SSSR count). The molecule has 2 aromatic rings. The molecule has 0 atom stereocenters. The molecule has 18 heavy (non-hydrogen) atoms. The first kappa shape index (κ1) is 12.6. The van der Waals surface area contributed by atoms with E-state index in [0.717, 1.165) is 15.9 Å². The third-order valence-corrected chi connectivity index (χ3v) is 3.32. The third-order valence-electron chi connectivity index (χ3n) is 2.65. The first-order chi connectivity index (χ1) is 8.50. The zero-order valence-electron chi connectivity index (χ0n) is 9.77. The number of halogens is 1. The topological polar surface area (TPSA) is 71.9 Å². The molecular weight excluding hydrogens is 294 g/mol. The molecule has 0 radical (unpaired) electrons. The molecule has 1 heterocycles. The van der Waals surface area contributed by atoms with Gasteiger partial charge in [0.15, 0.2) is 5.43 Å². The lowest BCUT2D eigenvalue weighted by Crippen LogP contribution is -2.23. The molecule has 0 aliphatic rings. The summed E-state index contributed by atoms with van der Waals surface area (Å²) in [6.45, 7) is 1.84. The minimum Gasteiger partial charge on any atom is -0.384 e. The van der Waals surface area contributed by atoms with Crippen molar-refractivity contribution in [2.45, 2.75) is 6.92 Å². The molecule has 0 spiro atoms.